The summed E-state index contributed by atoms with van der Waals surface area (Å²) in [5.41, 5.74) is 1.23. The molecule has 2 aliphatic heterocycles. The van der Waals surface area contributed by atoms with E-state index in [0.717, 1.165) is 32.7 Å². The van der Waals surface area contributed by atoms with Crippen molar-refractivity contribution >= 4 is 6.03 Å². The van der Waals surface area contributed by atoms with Gasteiger partial charge in [0.25, 0.3) is 0 Å². The lowest BCUT2D eigenvalue weighted by molar-refractivity contribution is 0.116. The van der Waals surface area contributed by atoms with E-state index in [4.69, 9.17) is 4.74 Å². The minimum Gasteiger partial charge on any atom is -0.383 e. The van der Waals surface area contributed by atoms with Crippen molar-refractivity contribution in [1.29, 1.82) is 0 Å². The summed E-state index contributed by atoms with van der Waals surface area (Å²) < 4.78 is 6.91. The Labute approximate surface area is 125 Å². The SMILES string of the molecule is COCCN1CC2CN(Cc3cnn(C)c3)CCN2C1=O. The van der Waals surface area contributed by atoms with Gasteiger partial charge in [-0.2, -0.15) is 5.10 Å². The minimum absolute atomic E-state index is 0.165. The van der Waals surface area contributed by atoms with Crippen molar-refractivity contribution in [1.82, 2.24) is 24.5 Å². The average Bonchev–Trinajstić information content (AvgIpc) is 3.01. The molecule has 0 saturated carbocycles. The molecule has 0 aliphatic carbocycles. The highest BCUT2D eigenvalue weighted by Gasteiger charge is 2.40. The summed E-state index contributed by atoms with van der Waals surface area (Å²) in [5.74, 6) is 0. The lowest BCUT2D eigenvalue weighted by Crippen LogP contribution is -2.51. The minimum atomic E-state index is 0.165. The van der Waals surface area contributed by atoms with E-state index in [1.807, 2.05) is 27.7 Å². The van der Waals surface area contributed by atoms with Gasteiger partial charge in [-0.1, -0.05) is 0 Å². The lowest BCUT2D eigenvalue weighted by atomic mass is 10.2. The van der Waals surface area contributed by atoms with Crippen LogP contribution in [0.4, 0.5) is 4.79 Å². The Hall–Kier alpha value is -1.60. The third kappa shape index (κ3) is 3.03. The molecule has 1 aromatic rings. The highest BCUT2D eigenvalue weighted by molar-refractivity contribution is 5.77. The van der Waals surface area contributed by atoms with Crippen molar-refractivity contribution in [3.63, 3.8) is 0 Å². The second-order valence-electron chi connectivity index (χ2n) is 5.83. The van der Waals surface area contributed by atoms with Crippen molar-refractivity contribution < 1.29 is 9.53 Å². The number of amides is 2. The number of aromatic nitrogens is 2. The number of piperazine rings is 1. The third-order valence-electron chi connectivity index (χ3n) is 4.24. The zero-order valence-corrected chi connectivity index (χ0v) is 12.7. The molecule has 0 spiro atoms. The van der Waals surface area contributed by atoms with Crippen LogP contribution in [0, 0.1) is 0 Å². The summed E-state index contributed by atoms with van der Waals surface area (Å²) in [6, 6.07) is 0.470. The number of hydrogen-bond donors (Lipinski definition) is 0. The molecule has 1 unspecified atom stereocenters. The van der Waals surface area contributed by atoms with Gasteiger partial charge < -0.3 is 14.5 Å². The van der Waals surface area contributed by atoms with Gasteiger partial charge >= 0.3 is 6.03 Å². The van der Waals surface area contributed by atoms with Crippen LogP contribution in [0.3, 0.4) is 0 Å². The summed E-state index contributed by atoms with van der Waals surface area (Å²) in [4.78, 5) is 18.6. The van der Waals surface area contributed by atoms with E-state index >= 15 is 0 Å². The van der Waals surface area contributed by atoms with Crippen LogP contribution in [0.15, 0.2) is 12.4 Å². The Kier molecular flexibility index (Phi) is 4.12. The standard InChI is InChI=1S/C14H23N5O2/c1-16-8-12(7-15-16)9-17-3-4-19-13(10-17)11-18(14(19)20)5-6-21-2/h7-8,13H,3-6,9-11H2,1-2H3. The monoisotopic (exact) mass is 293 g/mol. The molecule has 0 N–H and O–H groups in total. The van der Waals surface area contributed by atoms with Crippen molar-refractivity contribution in [2.24, 2.45) is 7.05 Å². The molecule has 2 amide bonds. The number of hydrogen-bond acceptors (Lipinski definition) is 4. The second kappa shape index (κ2) is 6.03. The smallest absolute Gasteiger partial charge is 0.320 e. The van der Waals surface area contributed by atoms with E-state index in [-0.39, 0.29) is 6.03 Å². The van der Waals surface area contributed by atoms with Crippen molar-refractivity contribution in [3.05, 3.63) is 18.0 Å². The average molecular weight is 293 g/mol. The van der Waals surface area contributed by atoms with Gasteiger partial charge in [-0.25, -0.2) is 4.79 Å². The predicted molar refractivity (Wildman–Crippen MR) is 77.8 cm³/mol. The molecule has 0 bridgehead atoms. The molecule has 1 atom stereocenters. The molecule has 0 radical (unpaired) electrons. The Bertz CT molecular complexity index is 503. The first-order valence-corrected chi connectivity index (χ1v) is 7.41. The summed E-state index contributed by atoms with van der Waals surface area (Å²) in [7, 11) is 3.61. The Morgan fingerprint density at radius 3 is 2.95 bits per heavy atom. The van der Waals surface area contributed by atoms with Crippen LogP contribution in [0.25, 0.3) is 0 Å². The van der Waals surface area contributed by atoms with Gasteiger partial charge in [0.1, 0.15) is 0 Å². The zero-order chi connectivity index (χ0) is 14.8. The van der Waals surface area contributed by atoms with Gasteiger partial charge in [0, 0.05) is 65.2 Å². The molecule has 7 heteroatoms. The lowest BCUT2D eigenvalue weighted by Gasteiger charge is -2.36. The maximum atomic E-state index is 12.3. The molecule has 116 valence electrons. The van der Waals surface area contributed by atoms with Crippen LogP contribution >= 0.6 is 0 Å². The van der Waals surface area contributed by atoms with Crippen LogP contribution in [0.5, 0.6) is 0 Å². The molecule has 2 aliphatic rings. The first kappa shape index (κ1) is 14.3. The Morgan fingerprint density at radius 2 is 2.24 bits per heavy atom. The molecule has 7 nitrogen and oxygen atoms in total. The van der Waals surface area contributed by atoms with Crippen LogP contribution in [-0.4, -0.2) is 83.0 Å². The molecule has 1 aromatic heterocycles. The van der Waals surface area contributed by atoms with Crippen LogP contribution < -0.4 is 0 Å². The normalized spacial score (nSPS) is 23.0. The quantitative estimate of drug-likeness (QED) is 0.766. The van der Waals surface area contributed by atoms with Crippen LogP contribution in [0.1, 0.15) is 5.56 Å². The van der Waals surface area contributed by atoms with Gasteiger partial charge in [-0.15, -0.1) is 0 Å². The Morgan fingerprint density at radius 1 is 1.38 bits per heavy atom. The highest BCUT2D eigenvalue weighted by atomic mass is 16.5. The number of fused-ring (bicyclic) bond motifs is 1. The van der Waals surface area contributed by atoms with Crippen LogP contribution in [0.2, 0.25) is 0 Å². The summed E-state index contributed by atoms with van der Waals surface area (Å²) >= 11 is 0. The van der Waals surface area contributed by atoms with E-state index in [1.165, 1.54) is 5.56 Å². The first-order valence-electron chi connectivity index (χ1n) is 7.41. The molecule has 3 rings (SSSR count). The largest absolute Gasteiger partial charge is 0.383 e. The number of methoxy groups -OCH3 is 1. The van der Waals surface area contributed by atoms with E-state index in [0.29, 0.717) is 19.2 Å². The molecule has 2 fully saturated rings. The predicted octanol–water partition coefficient (Wildman–Crippen LogP) is -0.0117. The molecule has 21 heavy (non-hydrogen) atoms. The second-order valence-corrected chi connectivity index (χ2v) is 5.83. The number of nitrogens with zero attached hydrogens (tertiary/aromatic N) is 5. The van der Waals surface area contributed by atoms with Gasteiger partial charge in [0.2, 0.25) is 0 Å². The molecular weight excluding hydrogens is 270 g/mol. The molecule has 2 saturated heterocycles. The van der Waals surface area contributed by atoms with Crippen molar-refractivity contribution in [2.45, 2.75) is 12.6 Å². The van der Waals surface area contributed by atoms with E-state index < -0.39 is 0 Å². The number of carbonyl (C=O) groups is 1. The number of ether oxygens (including phenoxy) is 1. The van der Waals surface area contributed by atoms with E-state index in [9.17, 15) is 4.79 Å². The topological polar surface area (TPSA) is 53.8 Å². The fourth-order valence-electron chi connectivity index (χ4n) is 3.19. The highest BCUT2D eigenvalue weighted by Crippen LogP contribution is 2.21. The third-order valence-corrected chi connectivity index (χ3v) is 4.24. The number of carbonyl (C=O) groups excluding carboxylic acids is 1. The Balaban J connectivity index is 1.57. The van der Waals surface area contributed by atoms with Gasteiger partial charge in [-0.3, -0.25) is 9.58 Å². The molecular formula is C14H23N5O2. The maximum Gasteiger partial charge on any atom is 0.320 e. The van der Waals surface area contributed by atoms with Gasteiger partial charge in [-0.05, 0) is 0 Å². The van der Waals surface area contributed by atoms with Gasteiger partial charge in [0.05, 0.1) is 18.8 Å². The first-order chi connectivity index (χ1) is 10.2. The summed E-state index contributed by atoms with van der Waals surface area (Å²) in [5, 5.41) is 4.21. The van der Waals surface area contributed by atoms with Crippen molar-refractivity contribution in [2.75, 3.05) is 46.4 Å². The number of aryl methyl sites for hydroxylation is 1. The van der Waals surface area contributed by atoms with E-state index in [1.54, 1.807) is 7.11 Å². The summed E-state index contributed by atoms with van der Waals surface area (Å²) in [6.45, 7) is 5.68. The maximum absolute atomic E-state index is 12.3. The summed E-state index contributed by atoms with van der Waals surface area (Å²) in [6.07, 6.45) is 3.97. The van der Waals surface area contributed by atoms with E-state index in [2.05, 4.69) is 16.2 Å². The fourth-order valence-corrected chi connectivity index (χ4v) is 3.19. The van der Waals surface area contributed by atoms with Crippen molar-refractivity contribution in [3.8, 4) is 0 Å². The molecule has 3 heterocycles. The number of urea groups is 1. The molecule has 0 aromatic carbocycles. The fraction of sp³-hybridized carbons (Fsp3) is 0.714. The number of rotatable bonds is 5. The zero-order valence-electron chi connectivity index (χ0n) is 12.7. The van der Waals surface area contributed by atoms with Gasteiger partial charge in [0.15, 0.2) is 0 Å². The van der Waals surface area contributed by atoms with Crippen LogP contribution in [-0.2, 0) is 18.3 Å².